The third-order valence-electron chi connectivity index (χ3n) is 1.98. The Morgan fingerprint density at radius 1 is 1.40 bits per heavy atom. The number of anilines is 1. The largest absolute Gasteiger partial charge is 0.324 e. The van der Waals surface area contributed by atoms with E-state index < -0.39 is 0 Å². The van der Waals surface area contributed by atoms with Crippen LogP contribution in [-0.4, -0.2) is 10.9 Å². The number of hydrogen-bond acceptors (Lipinski definition) is 2. The van der Waals surface area contributed by atoms with Crippen molar-refractivity contribution in [3.8, 4) is 0 Å². The van der Waals surface area contributed by atoms with Crippen molar-refractivity contribution >= 4 is 27.5 Å². The minimum absolute atomic E-state index is 0.00489. The van der Waals surface area contributed by atoms with Crippen LogP contribution in [0.25, 0.3) is 0 Å². The van der Waals surface area contributed by atoms with Gasteiger partial charge >= 0.3 is 0 Å². The minimum atomic E-state index is -0.389. The third-order valence-corrected chi connectivity index (χ3v) is 2.42. The van der Waals surface area contributed by atoms with Crippen LogP contribution < -0.4 is 5.32 Å². The molecule has 0 aliphatic carbocycles. The van der Waals surface area contributed by atoms with Gasteiger partial charge in [-0.3, -0.25) is 4.79 Å². The molecule has 3 nitrogen and oxygen atoms in total. The van der Waals surface area contributed by atoms with E-state index in [-0.39, 0.29) is 11.3 Å². The Hall–Kier alpha value is -0.900. The number of amides is 1. The van der Waals surface area contributed by atoms with E-state index in [1.165, 1.54) is 0 Å². The predicted octanol–water partition coefficient (Wildman–Crippen LogP) is 3.14. The van der Waals surface area contributed by atoms with Gasteiger partial charge in [0.25, 0.3) is 0 Å². The Morgan fingerprint density at radius 3 is 2.47 bits per heavy atom. The standard InChI is InChI=1S/C11H15BrN2O/c1-7-8(5-6-9(12)13-7)14-10(15)11(2,3)4/h5-6H,1-4H3,(H,14,15). The number of nitrogens with zero attached hydrogens (tertiary/aromatic N) is 1. The summed E-state index contributed by atoms with van der Waals surface area (Å²) in [6.07, 6.45) is 0. The van der Waals surface area contributed by atoms with E-state index in [4.69, 9.17) is 0 Å². The van der Waals surface area contributed by atoms with E-state index in [2.05, 4.69) is 26.2 Å². The van der Waals surface area contributed by atoms with Gasteiger partial charge in [-0.25, -0.2) is 4.98 Å². The van der Waals surface area contributed by atoms with Crippen LogP contribution in [0.4, 0.5) is 5.69 Å². The smallest absolute Gasteiger partial charge is 0.229 e. The van der Waals surface area contributed by atoms with Gasteiger partial charge in [0.05, 0.1) is 11.4 Å². The lowest BCUT2D eigenvalue weighted by Gasteiger charge is -2.18. The fourth-order valence-corrected chi connectivity index (χ4v) is 1.37. The molecule has 0 unspecified atom stereocenters. The van der Waals surface area contributed by atoms with E-state index >= 15 is 0 Å². The molecule has 0 aliphatic heterocycles. The lowest BCUT2D eigenvalue weighted by molar-refractivity contribution is -0.123. The summed E-state index contributed by atoms with van der Waals surface area (Å²) >= 11 is 3.28. The number of carbonyl (C=O) groups is 1. The molecule has 0 atom stereocenters. The molecule has 1 heterocycles. The number of aryl methyl sites for hydroxylation is 1. The van der Waals surface area contributed by atoms with E-state index in [1.54, 1.807) is 0 Å². The first-order valence-corrected chi connectivity index (χ1v) is 5.54. The molecule has 0 spiro atoms. The maximum Gasteiger partial charge on any atom is 0.229 e. The highest BCUT2D eigenvalue weighted by atomic mass is 79.9. The van der Waals surface area contributed by atoms with Crippen LogP contribution >= 0.6 is 15.9 Å². The van der Waals surface area contributed by atoms with Crippen LogP contribution in [0.5, 0.6) is 0 Å². The fourth-order valence-electron chi connectivity index (χ4n) is 0.972. The third kappa shape index (κ3) is 3.30. The zero-order valence-corrected chi connectivity index (χ0v) is 11.0. The van der Waals surface area contributed by atoms with E-state index in [1.807, 2.05) is 39.8 Å². The van der Waals surface area contributed by atoms with Crippen LogP contribution in [0.2, 0.25) is 0 Å². The molecule has 0 saturated carbocycles. The molecule has 0 bridgehead atoms. The summed E-state index contributed by atoms with van der Waals surface area (Å²) in [7, 11) is 0. The van der Waals surface area contributed by atoms with E-state index in [9.17, 15) is 4.79 Å². The fraction of sp³-hybridized carbons (Fsp3) is 0.455. The first-order chi connectivity index (χ1) is 6.80. The van der Waals surface area contributed by atoms with Gasteiger partial charge in [-0.2, -0.15) is 0 Å². The van der Waals surface area contributed by atoms with Crippen LogP contribution in [0.1, 0.15) is 26.5 Å². The lowest BCUT2D eigenvalue weighted by Crippen LogP contribution is -2.28. The van der Waals surface area contributed by atoms with Crippen molar-refractivity contribution in [1.82, 2.24) is 4.98 Å². The van der Waals surface area contributed by atoms with Crippen molar-refractivity contribution in [3.05, 3.63) is 22.4 Å². The number of rotatable bonds is 1. The van der Waals surface area contributed by atoms with Gasteiger partial charge in [0.2, 0.25) is 5.91 Å². The molecule has 1 rings (SSSR count). The number of hydrogen-bond donors (Lipinski definition) is 1. The van der Waals surface area contributed by atoms with E-state index in [0.29, 0.717) is 0 Å². The second-order valence-corrected chi connectivity index (χ2v) is 5.28. The van der Waals surface area contributed by atoms with Crippen LogP contribution in [0, 0.1) is 12.3 Å². The molecule has 0 radical (unpaired) electrons. The Balaban J connectivity index is 2.87. The van der Waals surface area contributed by atoms with Crippen LogP contribution in [0.15, 0.2) is 16.7 Å². The Labute approximate surface area is 98.4 Å². The highest BCUT2D eigenvalue weighted by molar-refractivity contribution is 9.10. The molecule has 1 aromatic heterocycles. The van der Waals surface area contributed by atoms with E-state index in [0.717, 1.165) is 16.0 Å². The van der Waals surface area contributed by atoms with Gasteiger partial charge in [-0.05, 0) is 35.0 Å². The normalized spacial score (nSPS) is 11.3. The highest BCUT2D eigenvalue weighted by Crippen LogP contribution is 2.20. The molecule has 0 saturated heterocycles. The van der Waals surface area contributed by atoms with Crippen molar-refractivity contribution in [2.45, 2.75) is 27.7 Å². The zero-order valence-electron chi connectivity index (χ0n) is 9.39. The van der Waals surface area contributed by atoms with Gasteiger partial charge in [-0.1, -0.05) is 20.8 Å². The second kappa shape index (κ2) is 4.31. The lowest BCUT2D eigenvalue weighted by atomic mass is 9.95. The zero-order chi connectivity index (χ0) is 11.6. The quantitative estimate of drug-likeness (QED) is 0.797. The summed E-state index contributed by atoms with van der Waals surface area (Å²) in [5.41, 5.74) is 1.18. The van der Waals surface area contributed by atoms with Crippen LogP contribution in [-0.2, 0) is 4.79 Å². The molecule has 0 fully saturated rings. The molecule has 0 aliphatic rings. The average Bonchev–Trinajstić information content (AvgIpc) is 2.08. The first-order valence-electron chi connectivity index (χ1n) is 4.75. The summed E-state index contributed by atoms with van der Waals surface area (Å²) in [4.78, 5) is 15.9. The summed E-state index contributed by atoms with van der Waals surface area (Å²) in [6.45, 7) is 7.50. The average molecular weight is 271 g/mol. The maximum atomic E-state index is 11.7. The van der Waals surface area contributed by atoms with Gasteiger partial charge in [0.1, 0.15) is 4.60 Å². The van der Waals surface area contributed by atoms with Gasteiger partial charge in [0, 0.05) is 5.41 Å². The summed E-state index contributed by atoms with van der Waals surface area (Å²) in [5.74, 6) is -0.00489. The molecular weight excluding hydrogens is 256 g/mol. The summed E-state index contributed by atoms with van der Waals surface area (Å²) in [5, 5.41) is 2.86. The molecule has 82 valence electrons. The number of nitrogens with one attached hydrogen (secondary N) is 1. The Kier molecular flexibility index (Phi) is 3.50. The topological polar surface area (TPSA) is 42.0 Å². The maximum absolute atomic E-state index is 11.7. The number of carbonyl (C=O) groups excluding carboxylic acids is 1. The molecule has 1 N–H and O–H groups in total. The van der Waals surface area contributed by atoms with Gasteiger partial charge < -0.3 is 5.32 Å². The molecule has 4 heteroatoms. The molecule has 15 heavy (non-hydrogen) atoms. The summed E-state index contributed by atoms with van der Waals surface area (Å²) < 4.78 is 0.772. The summed E-state index contributed by atoms with van der Waals surface area (Å²) in [6, 6.07) is 3.65. The van der Waals surface area contributed by atoms with Crippen molar-refractivity contribution in [2.24, 2.45) is 5.41 Å². The molecule has 1 aromatic rings. The minimum Gasteiger partial charge on any atom is -0.324 e. The van der Waals surface area contributed by atoms with Crippen molar-refractivity contribution in [2.75, 3.05) is 5.32 Å². The number of halogens is 1. The number of pyridine rings is 1. The Morgan fingerprint density at radius 2 is 2.00 bits per heavy atom. The molecule has 1 amide bonds. The van der Waals surface area contributed by atoms with Crippen molar-refractivity contribution in [1.29, 1.82) is 0 Å². The Bertz CT molecular complexity index is 383. The molecular formula is C11H15BrN2O. The van der Waals surface area contributed by atoms with Gasteiger partial charge in [0.15, 0.2) is 0 Å². The first kappa shape index (κ1) is 12.2. The van der Waals surface area contributed by atoms with Crippen molar-refractivity contribution in [3.63, 3.8) is 0 Å². The highest BCUT2D eigenvalue weighted by Gasteiger charge is 2.21. The van der Waals surface area contributed by atoms with Gasteiger partial charge in [-0.15, -0.1) is 0 Å². The SMILES string of the molecule is Cc1nc(Br)ccc1NC(=O)C(C)(C)C. The second-order valence-electron chi connectivity index (χ2n) is 4.47. The van der Waals surface area contributed by atoms with Crippen molar-refractivity contribution < 1.29 is 4.79 Å². The molecule has 0 aromatic carbocycles. The monoisotopic (exact) mass is 270 g/mol. The predicted molar refractivity (Wildman–Crippen MR) is 64.8 cm³/mol. The number of aromatic nitrogens is 1. The van der Waals surface area contributed by atoms with Crippen LogP contribution in [0.3, 0.4) is 0 Å².